The molecule has 0 aromatic rings. The van der Waals surface area contributed by atoms with Crippen LogP contribution in [0.5, 0.6) is 0 Å². The smallest absolute Gasteiger partial charge is 0.330 e. The highest BCUT2D eigenvalue weighted by atomic mass is 16.6. The molecule has 1 N–H and O–H groups in total. The Kier molecular flexibility index (Phi) is 13.5. The summed E-state index contributed by atoms with van der Waals surface area (Å²) in [6, 6.07) is 0. The maximum absolute atomic E-state index is 11.3. The maximum atomic E-state index is 11.3. The van der Waals surface area contributed by atoms with Gasteiger partial charge in [-0.15, -0.1) is 0 Å². The van der Waals surface area contributed by atoms with Gasteiger partial charge in [-0.1, -0.05) is 13.2 Å². The van der Waals surface area contributed by atoms with Gasteiger partial charge in [0.25, 0.3) is 0 Å². The summed E-state index contributed by atoms with van der Waals surface area (Å²) >= 11 is 0. The third-order valence-corrected chi connectivity index (χ3v) is 2.92. The lowest BCUT2D eigenvalue weighted by atomic mass is 10.3. The quantitative estimate of drug-likeness (QED) is 0.335. The molecular weight excluding hydrogens is 344 g/mol. The van der Waals surface area contributed by atoms with Gasteiger partial charge in [0.15, 0.2) is 6.10 Å². The van der Waals surface area contributed by atoms with E-state index in [2.05, 4.69) is 13.2 Å². The molecule has 0 aliphatic rings. The second-order valence-corrected chi connectivity index (χ2v) is 5.77. The molecule has 8 heteroatoms. The first-order valence-corrected chi connectivity index (χ1v) is 8.39. The molecule has 8 nitrogen and oxygen atoms in total. The van der Waals surface area contributed by atoms with Gasteiger partial charge in [0.2, 0.25) is 0 Å². The summed E-state index contributed by atoms with van der Waals surface area (Å²) < 4.78 is 26.3. The molecule has 0 aromatic carbocycles. The Hall–Kier alpha value is -1.74. The minimum absolute atomic E-state index is 0.0335. The lowest BCUT2D eigenvalue weighted by Gasteiger charge is -2.20. The van der Waals surface area contributed by atoms with E-state index in [1.54, 1.807) is 6.92 Å². The molecule has 0 heterocycles. The van der Waals surface area contributed by atoms with Gasteiger partial charge in [0.05, 0.1) is 44.7 Å². The van der Waals surface area contributed by atoms with Crippen LogP contribution in [0.4, 0.5) is 0 Å². The molecule has 0 aliphatic carbocycles. The predicted octanol–water partition coefficient (Wildman–Crippen LogP) is 1.02. The summed E-state index contributed by atoms with van der Waals surface area (Å²) in [5, 5.41) is 9.16. The minimum Gasteiger partial charge on any atom is -0.458 e. The van der Waals surface area contributed by atoms with Gasteiger partial charge < -0.3 is 28.8 Å². The van der Waals surface area contributed by atoms with E-state index in [9.17, 15) is 9.59 Å². The standard InChI is InChI=1S/C18H30O8/c1-6-17(20)25-12-16(26-18(21)7-2)11-22-9-14(4)24-10-15(5)23-8-13(3)19/h6-7,13-16,19H,1-2,8-12H2,3-5H3. The predicted molar refractivity (Wildman–Crippen MR) is 94.6 cm³/mol. The lowest BCUT2D eigenvalue weighted by molar-refractivity contribution is -0.157. The van der Waals surface area contributed by atoms with Crippen LogP contribution in [-0.2, 0) is 33.3 Å². The summed E-state index contributed by atoms with van der Waals surface area (Å²) in [5.41, 5.74) is 0. The van der Waals surface area contributed by atoms with Crippen molar-refractivity contribution >= 4 is 11.9 Å². The van der Waals surface area contributed by atoms with E-state index in [0.717, 1.165) is 12.2 Å². The average Bonchev–Trinajstić information content (AvgIpc) is 2.61. The molecule has 0 amide bonds. The number of carbonyl (C=O) groups is 2. The van der Waals surface area contributed by atoms with Crippen molar-refractivity contribution in [3.8, 4) is 0 Å². The first-order valence-electron chi connectivity index (χ1n) is 8.39. The van der Waals surface area contributed by atoms with Crippen molar-refractivity contribution in [2.24, 2.45) is 0 Å². The fraction of sp³-hybridized carbons (Fsp3) is 0.667. The Morgan fingerprint density at radius 1 is 0.885 bits per heavy atom. The Labute approximate surface area is 154 Å². The highest BCUT2D eigenvalue weighted by Crippen LogP contribution is 2.02. The zero-order valence-corrected chi connectivity index (χ0v) is 15.7. The molecule has 0 bridgehead atoms. The number of ether oxygens (including phenoxy) is 5. The summed E-state index contributed by atoms with van der Waals surface area (Å²) in [5.74, 6) is -1.26. The molecule has 0 rings (SSSR count). The Morgan fingerprint density at radius 2 is 1.46 bits per heavy atom. The van der Waals surface area contributed by atoms with Gasteiger partial charge in [0, 0.05) is 12.2 Å². The van der Waals surface area contributed by atoms with Gasteiger partial charge in [-0.2, -0.15) is 0 Å². The number of rotatable bonds is 15. The van der Waals surface area contributed by atoms with E-state index >= 15 is 0 Å². The summed E-state index contributed by atoms with van der Waals surface area (Å²) in [7, 11) is 0. The zero-order chi connectivity index (χ0) is 19.9. The Bertz CT molecular complexity index is 435. The number of carbonyl (C=O) groups excluding carboxylic acids is 2. The number of esters is 2. The maximum Gasteiger partial charge on any atom is 0.330 e. The van der Waals surface area contributed by atoms with Crippen LogP contribution < -0.4 is 0 Å². The number of hydrogen-bond acceptors (Lipinski definition) is 8. The fourth-order valence-corrected chi connectivity index (χ4v) is 1.63. The van der Waals surface area contributed by atoms with Crippen molar-refractivity contribution in [1.82, 2.24) is 0 Å². The van der Waals surface area contributed by atoms with Crippen molar-refractivity contribution in [2.75, 3.05) is 33.0 Å². The second-order valence-electron chi connectivity index (χ2n) is 5.77. The second kappa shape index (κ2) is 14.4. The Morgan fingerprint density at radius 3 is 2.04 bits per heavy atom. The highest BCUT2D eigenvalue weighted by molar-refractivity contribution is 5.82. The van der Waals surface area contributed by atoms with Crippen molar-refractivity contribution < 1.29 is 38.4 Å². The average molecular weight is 374 g/mol. The van der Waals surface area contributed by atoms with E-state index in [1.807, 2.05) is 13.8 Å². The summed E-state index contributed by atoms with van der Waals surface area (Å²) in [6.45, 7) is 12.6. The number of aliphatic hydroxyl groups is 1. The van der Waals surface area contributed by atoms with Crippen molar-refractivity contribution in [2.45, 2.75) is 45.2 Å². The van der Waals surface area contributed by atoms with E-state index in [4.69, 9.17) is 28.8 Å². The molecule has 4 unspecified atom stereocenters. The highest BCUT2D eigenvalue weighted by Gasteiger charge is 2.16. The molecule has 0 aromatic heterocycles. The number of aliphatic hydroxyl groups excluding tert-OH is 1. The van der Waals surface area contributed by atoms with Crippen LogP contribution in [0.25, 0.3) is 0 Å². The van der Waals surface area contributed by atoms with E-state index < -0.39 is 24.1 Å². The van der Waals surface area contributed by atoms with Crippen LogP contribution in [-0.4, -0.2) is 74.5 Å². The normalized spacial score (nSPS) is 15.4. The Balaban J connectivity index is 4.12. The lowest BCUT2D eigenvalue weighted by Crippen LogP contribution is -2.31. The molecule has 26 heavy (non-hydrogen) atoms. The van der Waals surface area contributed by atoms with Crippen LogP contribution in [0.2, 0.25) is 0 Å². The molecule has 0 spiro atoms. The van der Waals surface area contributed by atoms with Crippen molar-refractivity contribution in [1.29, 1.82) is 0 Å². The molecule has 150 valence electrons. The molecule has 0 saturated heterocycles. The largest absolute Gasteiger partial charge is 0.458 e. The van der Waals surface area contributed by atoms with Crippen LogP contribution >= 0.6 is 0 Å². The third-order valence-electron chi connectivity index (χ3n) is 2.92. The van der Waals surface area contributed by atoms with Gasteiger partial charge in [-0.3, -0.25) is 0 Å². The SMILES string of the molecule is C=CC(=O)OCC(COCC(C)OCC(C)OCC(C)O)OC(=O)C=C. The van der Waals surface area contributed by atoms with E-state index in [-0.39, 0.29) is 38.6 Å². The topological polar surface area (TPSA) is 101 Å². The van der Waals surface area contributed by atoms with Crippen LogP contribution in [0.1, 0.15) is 20.8 Å². The van der Waals surface area contributed by atoms with Crippen molar-refractivity contribution in [3.63, 3.8) is 0 Å². The first-order chi connectivity index (χ1) is 12.3. The molecular formula is C18H30O8. The van der Waals surface area contributed by atoms with Crippen LogP contribution in [0.3, 0.4) is 0 Å². The first kappa shape index (κ1) is 24.3. The molecule has 0 aliphatic heterocycles. The molecule has 0 saturated carbocycles. The molecule has 0 radical (unpaired) electrons. The number of hydrogen-bond donors (Lipinski definition) is 1. The fourth-order valence-electron chi connectivity index (χ4n) is 1.63. The van der Waals surface area contributed by atoms with E-state index in [0.29, 0.717) is 6.61 Å². The zero-order valence-electron chi connectivity index (χ0n) is 15.7. The monoisotopic (exact) mass is 374 g/mol. The van der Waals surface area contributed by atoms with Crippen LogP contribution in [0.15, 0.2) is 25.3 Å². The van der Waals surface area contributed by atoms with Gasteiger partial charge in [-0.25, -0.2) is 9.59 Å². The van der Waals surface area contributed by atoms with Gasteiger partial charge in [0.1, 0.15) is 6.61 Å². The third kappa shape index (κ3) is 13.5. The van der Waals surface area contributed by atoms with Gasteiger partial charge >= 0.3 is 11.9 Å². The molecule has 4 atom stereocenters. The summed E-state index contributed by atoms with van der Waals surface area (Å²) in [4.78, 5) is 22.4. The molecule has 0 fully saturated rings. The van der Waals surface area contributed by atoms with E-state index in [1.165, 1.54) is 0 Å². The summed E-state index contributed by atoms with van der Waals surface area (Å²) in [6.07, 6.45) is 0.367. The van der Waals surface area contributed by atoms with Crippen molar-refractivity contribution in [3.05, 3.63) is 25.3 Å². The van der Waals surface area contributed by atoms with Gasteiger partial charge in [-0.05, 0) is 20.8 Å². The minimum atomic E-state index is -0.759. The van der Waals surface area contributed by atoms with Crippen LogP contribution in [0, 0.1) is 0 Å².